The molecule has 1 N–H and O–H groups in total. The summed E-state index contributed by atoms with van der Waals surface area (Å²) < 4.78 is 0. The highest BCUT2D eigenvalue weighted by atomic mass is 16.3. The Hall–Kier alpha value is -2.26. The van der Waals surface area contributed by atoms with Crippen molar-refractivity contribution < 1.29 is 5.11 Å². The lowest BCUT2D eigenvalue weighted by Gasteiger charge is -2.18. The fourth-order valence-electron chi connectivity index (χ4n) is 2.77. The van der Waals surface area contributed by atoms with Gasteiger partial charge in [0.2, 0.25) is 0 Å². The number of para-hydroxylation sites is 2. The molecule has 2 aromatic carbocycles. The van der Waals surface area contributed by atoms with Crippen LogP contribution in [0.4, 0.5) is 0 Å². The van der Waals surface area contributed by atoms with Crippen LogP contribution in [0.5, 0.6) is 0 Å². The number of aromatic nitrogens is 2. The molecule has 0 saturated carbocycles. The Morgan fingerprint density at radius 1 is 0.895 bits per heavy atom. The third-order valence-corrected chi connectivity index (χ3v) is 3.74. The molecule has 3 heteroatoms. The van der Waals surface area contributed by atoms with Crippen LogP contribution >= 0.6 is 0 Å². The zero-order valence-electron chi connectivity index (χ0n) is 10.5. The number of hydrogen-bond donors (Lipinski definition) is 1. The summed E-state index contributed by atoms with van der Waals surface area (Å²) in [5, 5.41) is 10.8. The third-order valence-electron chi connectivity index (χ3n) is 3.74. The van der Waals surface area contributed by atoms with Crippen molar-refractivity contribution in [2.75, 3.05) is 0 Å². The number of nitrogens with zero attached hydrogens (tertiary/aromatic N) is 2. The largest absolute Gasteiger partial charge is 0.379 e. The van der Waals surface area contributed by atoms with E-state index in [1.807, 2.05) is 48.5 Å². The Kier molecular flexibility index (Phi) is 1.90. The van der Waals surface area contributed by atoms with Gasteiger partial charge in [0.05, 0.1) is 16.7 Å². The molecule has 0 aliphatic heterocycles. The minimum atomic E-state index is -1.07. The molecule has 1 atom stereocenters. The quantitative estimate of drug-likeness (QED) is 0.665. The molecule has 1 heterocycles. The molecule has 0 unspecified atom stereocenters. The SMILES string of the molecule is C[C@]1(O)c2ccccc2-c2nc3ccccc3nc21. The second-order valence-corrected chi connectivity index (χ2v) is 5.03. The van der Waals surface area contributed by atoms with E-state index in [0.717, 1.165) is 27.9 Å². The molecular weight excluding hydrogens is 236 g/mol. The predicted octanol–water partition coefficient (Wildman–Crippen LogP) is 2.87. The average Bonchev–Trinajstić information content (AvgIpc) is 2.66. The lowest BCUT2D eigenvalue weighted by Crippen LogP contribution is -2.20. The summed E-state index contributed by atoms with van der Waals surface area (Å²) in [5.74, 6) is 0. The van der Waals surface area contributed by atoms with Gasteiger partial charge >= 0.3 is 0 Å². The van der Waals surface area contributed by atoms with Gasteiger partial charge in [-0.15, -0.1) is 0 Å². The fourth-order valence-corrected chi connectivity index (χ4v) is 2.77. The van der Waals surface area contributed by atoms with Crippen LogP contribution < -0.4 is 0 Å². The first-order chi connectivity index (χ1) is 9.18. The highest BCUT2D eigenvalue weighted by molar-refractivity contribution is 5.83. The molecule has 0 amide bonds. The summed E-state index contributed by atoms with van der Waals surface area (Å²) in [5.41, 5.74) is 3.89. The van der Waals surface area contributed by atoms with Gasteiger partial charge in [-0.05, 0) is 24.6 Å². The van der Waals surface area contributed by atoms with Crippen LogP contribution in [0, 0.1) is 0 Å². The minimum absolute atomic E-state index is 0.646. The van der Waals surface area contributed by atoms with Crippen LogP contribution in [0.2, 0.25) is 0 Å². The monoisotopic (exact) mass is 248 g/mol. The molecular formula is C16H12N2O. The average molecular weight is 248 g/mol. The van der Waals surface area contributed by atoms with Crippen molar-refractivity contribution >= 4 is 11.0 Å². The Balaban J connectivity index is 2.15. The molecule has 3 aromatic rings. The van der Waals surface area contributed by atoms with Crippen LogP contribution in [0.25, 0.3) is 22.3 Å². The van der Waals surface area contributed by atoms with Gasteiger partial charge in [0.25, 0.3) is 0 Å². The number of rotatable bonds is 0. The summed E-state index contributed by atoms with van der Waals surface area (Å²) >= 11 is 0. The van der Waals surface area contributed by atoms with E-state index in [9.17, 15) is 5.11 Å². The summed E-state index contributed by atoms with van der Waals surface area (Å²) in [6.45, 7) is 1.78. The lowest BCUT2D eigenvalue weighted by molar-refractivity contribution is 0.103. The lowest BCUT2D eigenvalue weighted by atomic mass is 9.97. The molecule has 1 aliphatic carbocycles. The first-order valence-corrected chi connectivity index (χ1v) is 6.27. The second-order valence-electron chi connectivity index (χ2n) is 5.03. The second kappa shape index (κ2) is 3.39. The van der Waals surface area contributed by atoms with Crippen LogP contribution in [0.3, 0.4) is 0 Å². The Bertz CT molecular complexity index is 809. The number of hydrogen-bond acceptors (Lipinski definition) is 3. The van der Waals surface area contributed by atoms with E-state index in [1.54, 1.807) is 6.92 Å². The normalized spacial score (nSPS) is 20.3. The van der Waals surface area contributed by atoms with Crippen molar-refractivity contribution in [2.45, 2.75) is 12.5 Å². The van der Waals surface area contributed by atoms with Crippen LogP contribution in [-0.4, -0.2) is 15.1 Å². The molecule has 0 fully saturated rings. The topological polar surface area (TPSA) is 46.0 Å². The van der Waals surface area contributed by atoms with E-state index in [2.05, 4.69) is 9.97 Å². The molecule has 3 nitrogen and oxygen atoms in total. The summed E-state index contributed by atoms with van der Waals surface area (Å²) in [6.07, 6.45) is 0. The first kappa shape index (κ1) is 10.6. The number of aliphatic hydroxyl groups is 1. The van der Waals surface area contributed by atoms with E-state index < -0.39 is 5.60 Å². The van der Waals surface area contributed by atoms with Crippen molar-refractivity contribution in [3.63, 3.8) is 0 Å². The van der Waals surface area contributed by atoms with Gasteiger partial charge < -0.3 is 5.11 Å². The molecule has 1 aromatic heterocycles. The zero-order valence-corrected chi connectivity index (χ0v) is 10.5. The highest BCUT2D eigenvalue weighted by Crippen LogP contribution is 2.45. The van der Waals surface area contributed by atoms with Gasteiger partial charge in [-0.1, -0.05) is 36.4 Å². The Labute approximate surface area is 110 Å². The smallest absolute Gasteiger partial charge is 0.131 e. The van der Waals surface area contributed by atoms with E-state index >= 15 is 0 Å². The maximum absolute atomic E-state index is 10.8. The van der Waals surface area contributed by atoms with Crippen LogP contribution in [0.1, 0.15) is 18.2 Å². The van der Waals surface area contributed by atoms with E-state index in [1.165, 1.54) is 0 Å². The fraction of sp³-hybridized carbons (Fsp3) is 0.125. The van der Waals surface area contributed by atoms with Crippen molar-refractivity contribution in [2.24, 2.45) is 0 Å². The van der Waals surface area contributed by atoms with Gasteiger partial charge in [0.1, 0.15) is 11.3 Å². The molecule has 0 spiro atoms. The molecule has 19 heavy (non-hydrogen) atoms. The van der Waals surface area contributed by atoms with Gasteiger partial charge in [0, 0.05) is 5.56 Å². The predicted molar refractivity (Wildman–Crippen MR) is 73.6 cm³/mol. The molecule has 0 radical (unpaired) electrons. The van der Waals surface area contributed by atoms with Gasteiger partial charge in [-0.2, -0.15) is 0 Å². The van der Waals surface area contributed by atoms with E-state index in [0.29, 0.717) is 5.69 Å². The number of fused-ring (bicyclic) bond motifs is 4. The van der Waals surface area contributed by atoms with Gasteiger partial charge in [-0.25, -0.2) is 9.97 Å². The standard InChI is InChI=1S/C16H12N2O/c1-16(19)11-7-3-2-6-10(11)14-15(16)18-13-9-5-4-8-12(13)17-14/h2-9,19H,1H3/t16-/m0/s1. The van der Waals surface area contributed by atoms with Crippen molar-refractivity contribution in [1.82, 2.24) is 9.97 Å². The molecule has 92 valence electrons. The van der Waals surface area contributed by atoms with Crippen LogP contribution in [-0.2, 0) is 5.60 Å². The zero-order chi connectivity index (χ0) is 13.0. The number of benzene rings is 2. The Morgan fingerprint density at radius 2 is 1.53 bits per heavy atom. The van der Waals surface area contributed by atoms with Crippen LogP contribution in [0.15, 0.2) is 48.5 Å². The van der Waals surface area contributed by atoms with E-state index in [4.69, 9.17) is 0 Å². The van der Waals surface area contributed by atoms with Crippen molar-refractivity contribution in [1.29, 1.82) is 0 Å². The maximum atomic E-state index is 10.8. The first-order valence-electron chi connectivity index (χ1n) is 6.27. The maximum Gasteiger partial charge on any atom is 0.131 e. The Morgan fingerprint density at radius 3 is 2.32 bits per heavy atom. The molecule has 0 bridgehead atoms. The summed E-state index contributed by atoms with van der Waals surface area (Å²) in [6, 6.07) is 15.5. The van der Waals surface area contributed by atoms with Gasteiger partial charge in [0.15, 0.2) is 0 Å². The highest BCUT2D eigenvalue weighted by Gasteiger charge is 2.40. The summed E-state index contributed by atoms with van der Waals surface area (Å²) in [7, 11) is 0. The summed E-state index contributed by atoms with van der Waals surface area (Å²) in [4.78, 5) is 9.28. The molecule has 4 rings (SSSR count). The van der Waals surface area contributed by atoms with Crippen molar-refractivity contribution in [3.05, 3.63) is 59.8 Å². The van der Waals surface area contributed by atoms with Crippen molar-refractivity contribution in [3.8, 4) is 11.3 Å². The minimum Gasteiger partial charge on any atom is -0.379 e. The molecule has 0 saturated heterocycles. The molecule has 1 aliphatic rings. The third kappa shape index (κ3) is 1.30. The van der Waals surface area contributed by atoms with Gasteiger partial charge in [-0.3, -0.25) is 0 Å². The van der Waals surface area contributed by atoms with E-state index in [-0.39, 0.29) is 0 Å².